The molecular weight excluding hydrogens is 454 g/mol. The number of rotatable bonds is 7. The summed E-state index contributed by atoms with van der Waals surface area (Å²) < 4.78 is 26.6. The molecule has 0 spiro atoms. The van der Waals surface area contributed by atoms with Gasteiger partial charge in [-0.05, 0) is 67.1 Å². The van der Waals surface area contributed by atoms with E-state index in [0.717, 1.165) is 13.0 Å². The van der Waals surface area contributed by atoms with Crippen molar-refractivity contribution in [3.63, 3.8) is 0 Å². The minimum absolute atomic E-state index is 0.0473. The summed E-state index contributed by atoms with van der Waals surface area (Å²) in [5.74, 6) is -0.121. The molecule has 0 bridgehead atoms. The van der Waals surface area contributed by atoms with Crippen LogP contribution < -0.4 is 5.32 Å². The van der Waals surface area contributed by atoms with E-state index < -0.39 is 10.0 Å². The zero-order valence-corrected chi connectivity index (χ0v) is 20.7. The van der Waals surface area contributed by atoms with Crippen molar-refractivity contribution in [2.24, 2.45) is 0 Å². The van der Waals surface area contributed by atoms with Gasteiger partial charge in [-0.15, -0.1) is 11.3 Å². The number of carbonyl (C=O) groups excluding carboxylic acids is 1. The van der Waals surface area contributed by atoms with Gasteiger partial charge in [0, 0.05) is 30.2 Å². The van der Waals surface area contributed by atoms with Crippen molar-refractivity contribution in [3.05, 3.63) is 82.0 Å². The molecular formula is C25H29N3O3S2. The summed E-state index contributed by atoms with van der Waals surface area (Å²) in [6.45, 7) is 4.72. The number of hydrogen-bond acceptors (Lipinski definition) is 5. The molecule has 3 aromatic rings. The minimum atomic E-state index is -3.55. The van der Waals surface area contributed by atoms with E-state index in [2.05, 4.69) is 33.8 Å². The lowest BCUT2D eigenvalue weighted by Gasteiger charge is -2.35. The molecule has 4 rings (SSSR count). The zero-order valence-electron chi connectivity index (χ0n) is 19.1. The minimum Gasteiger partial charge on any atom is -0.325 e. The Bertz CT molecular complexity index is 1210. The van der Waals surface area contributed by atoms with E-state index in [1.54, 1.807) is 30.5 Å². The van der Waals surface area contributed by atoms with Gasteiger partial charge in [-0.25, -0.2) is 8.42 Å². The van der Waals surface area contributed by atoms with E-state index >= 15 is 0 Å². The Balaban J connectivity index is 1.47. The number of benzene rings is 2. The van der Waals surface area contributed by atoms with E-state index in [4.69, 9.17) is 0 Å². The maximum absolute atomic E-state index is 12.9. The second kappa shape index (κ2) is 9.77. The predicted octanol–water partition coefficient (Wildman–Crippen LogP) is 4.36. The average molecular weight is 484 g/mol. The highest BCUT2D eigenvalue weighted by molar-refractivity contribution is 7.89. The predicted molar refractivity (Wildman–Crippen MR) is 133 cm³/mol. The van der Waals surface area contributed by atoms with Gasteiger partial charge in [0.15, 0.2) is 0 Å². The van der Waals surface area contributed by atoms with Crippen molar-refractivity contribution in [1.82, 2.24) is 9.21 Å². The molecule has 174 valence electrons. The maximum atomic E-state index is 12.9. The van der Waals surface area contributed by atoms with Gasteiger partial charge in [-0.3, -0.25) is 9.69 Å². The molecule has 0 aliphatic carbocycles. The van der Waals surface area contributed by atoms with E-state index in [1.807, 2.05) is 32.0 Å². The van der Waals surface area contributed by atoms with Crippen LogP contribution in [0.1, 0.15) is 35.9 Å². The molecule has 1 atom stereocenters. The van der Waals surface area contributed by atoms with Crippen molar-refractivity contribution < 1.29 is 13.2 Å². The third kappa shape index (κ3) is 5.04. The van der Waals surface area contributed by atoms with Crippen molar-refractivity contribution >= 4 is 33.0 Å². The topological polar surface area (TPSA) is 69.7 Å². The molecule has 1 amide bonds. The lowest BCUT2D eigenvalue weighted by atomic mass is 9.93. The first-order chi connectivity index (χ1) is 15.8. The van der Waals surface area contributed by atoms with E-state index in [1.165, 1.54) is 32.4 Å². The standard InChI is InChI=1S/C25H29N3O3S2/c1-18(2)27(3)33(30,31)21-11-9-20(10-12-21)26-24(29)17-28-15-13-23-22(14-16-32-23)25(28)19-7-5-4-6-8-19/h4-12,14,16,18,25H,13,15,17H2,1-3H3,(H,26,29). The number of nitrogens with zero attached hydrogens (tertiary/aromatic N) is 2. The second-order valence-corrected chi connectivity index (χ2v) is 11.5. The van der Waals surface area contributed by atoms with E-state index in [9.17, 15) is 13.2 Å². The van der Waals surface area contributed by atoms with Crippen LogP contribution in [-0.4, -0.2) is 49.7 Å². The van der Waals surface area contributed by atoms with Gasteiger partial charge in [-0.2, -0.15) is 4.31 Å². The summed E-state index contributed by atoms with van der Waals surface area (Å²) in [6.07, 6.45) is 0.930. The molecule has 0 saturated carbocycles. The largest absolute Gasteiger partial charge is 0.325 e. The van der Waals surface area contributed by atoms with Crippen LogP contribution in [0.3, 0.4) is 0 Å². The molecule has 1 aliphatic heterocycles. The third-order valence-electron chi connectivity index (χ3n) is 6.07. The number of fused-ring (bicyclic) bond motifs is 1. The van der Waals surface area contributed by atoms with Crippen molar-refractivity contribution in [3.8, 4) is 0 Å². The molecule has 0 saturated heterocycles. The number of hydrogen-bond donors (Lipinski definition) is 1. The first-order valence-electron chi connectivity index (χ1n) is 11.0. The molecule has 2 aromatic carbocycles. The van der Waals surface area contributed by atoms with Crippen LogP contribution in [0.25, 0.3) is 0 Å². The van der Waals surface area contributed by atoms with E-state index in [0.29, 0.717) is 5.69 Å². The van der Waals surface area contributed by atoms with Crippen LogP contribution in [0.5, 0.6) is 0 Å². The summed E-state index contributed by atoms with van der Waals surface area (Å²) in [7, 11) is -1.99. The molecule has 2 heterocycles. The zero-order chi connectivity index (χ0) is 23.6. The Kier molecular flexibility index (Phi) is 6.99. The molecule has 0 fully saturated rings. The first kappa shape index (κ1) is 23.6. The highest BCUT2D eigenvalue weighted by atomic mass is 32.2. The van der Waals surface area contributed by atoms with Crippen LogP contribution in [-0.2, 0) is 21.2 Å². The fourth-order valence-corrected chi connectivity index (χ4v) is 6.37. The van der Waals surface area contributed by atoms with Gasteiger partial charge in [0.2, 0.25) is 15.9 Å². The smallest absolute Gasteiger partial charge is 0.243 e. The monoisotopic (exact) mass is 483 g/mol. The SMILES string of the molecule is CC(C)N(C)S(=O)(=O)c1ccc(NC(=O)CN2CCc3sccc3C2c2ccccc2)cc1. The number of sulfonamides is 1. The molecule has 1 unspecified atom stereocenters. The van der Waals surface area contributed by atoms with Crippen LogP contribution in [0.4, 0.5) is 5.69 Å². The highest BCUT2D eigenvalue weighted by Gasteiger charge is 2.30. The average Bonchev–Trinajstić information content (AvgIpc) is 3.28. The number of carbonyl (C=O) groups is 1. The summed E-state index contributed by atoms with van der Waals surface area (Å²) in [5, 5.41) is 5.04. The number of amides is 1. The number of thiophene rings is 1. The van der Waals surface area contributed by atoms with Crippen molar-refractivity contribution in [1.29, 1.82) is 0 Å². The third-order valence-corrected chi connectivity index (χ3v) is 9.11. The van der Waals surface area contributed by atoms with Gasteiger partial charge >= 0.3 is 0 Å². The van der Waals surface area contributed by atoms with Crippen LogP contribution in [0, 0.1) is 0 Å². The van der Waals surface area contributed by atoms with Crippen molar-refractivity contribution in [2.75, 3.05) is 25.5 Å². The number of nitrogens with one attached hydrogen (secondary N) is 1. The van der Waals surface area contributed by atoms with E-state index in [-0.39, 0.29) is 29.4 Å². The Labute approximate surface area is 199 Å². The highest BCUT2D eigenvalue weighted by Crippen LogP contribution is 2.37. The summed E-state index contributed by atoms with van der Waals surface area (Å²) in [4.78, 5) is 16.7. The normalized spacial score (nSPS) is 16.7. The van der Waals surface area contributed by atoms with Gasteiger partial charge in [0.1, 0.15) is 0 Å². The van der Waals surface area contributed by atoms with Gasteiger partial charge in [0.05, 0.1) is 17.5 Å². The molecule has 0 radical (unpaired) electrons. The van der Waals surface area contributed by atoms with Crippen LogP contribution in [0.2, 0.25) is 0 Å². The number of anilines is 1. The van der Waals surface area contributed by atoms with Gasteiger partial charge in [-0.1, -0.05) is 30.3 Å². The fraction of sp³-hybridized carbons (Fsp3) is 0.320. The van der Waals surface area contributed by atoms with Gasteiger partial charge in [0.25, 0.3) is 0 Å². The maximum Gasteiger partial charge on any atom is 0.243 e. The van der Waals surface area contributed by atoms with Crippen LogP contribution >= 0.6 is 11.3 Å². The Morgan fingerprint density at radius 1 is 1.12 bits per heavy atom. The molecule has 8 heteroatoms. The summed E-state index contributed by atoms with van der Waals surface area (Å²) >= 11 is 1.77. The lowest BCUT2D eigenvalue weighted by Crippen LogP contribution is -2.40. The molecule has 1 N–H and O–H groups in total. The Hall–Kier alpha value is -2.52. The quantitative estimate of drug-likeness (QED) is 0.542. The Morgan fingerprint density at radius 3 is 2.48 bits per heavy atom. The lowest BCUT2D eigenvalue weighted by molar-refractivity contribution is -0.117. The first-order valence-corrected chi connectivity index (χ1v) is 13.3. The molecule has 6 nitrogen and oxygen atoms in total. The molecule has 1 aromatic heterocycles. The summed E-state index contributed by atoms with van der Waals surface area (Å²) in [5.41, 5.74) is 3.03. The molecule has 33 heavy (non-hydrogen) atoms. The summed E-state index contributed by atoms with van der Waals surface area (Å²) in [6, 6.07) is 18.7. The van der Waals surface area contributed by atoms with Crippen LogP contribution in [0.15, 0.2) is 70.9 Å². The Morgan fingerprint density at radius 2 is 1.82 bits per heavy atom. The van der Waals surface area contributed by atoms with Gasteiger partial charge < -0.3 is 5.32 Å². The fourth-order valence-electron chi connectivity index (χ4n) is 4.10. The molecule has 1 aliphatic rings. The van der Waals surface area contributed by atoms with Crippen molar-refractivity contribution in [2.45, 2.75) is 37.2 Å². The second-order valence-electron chi connectivity index (χ2n) is 8.52.